The first-order chi connectivity index (χ1) is 7.09. The fourth-order valence-electron chi connectivity index (χ4n) is 0.793. The molecule has 0 spiro atoms. The maximum atomic E-state index is 10.5. The van der Waals surface area contributed by atoms with Gasteiger partial charge >= 0.3 is 5.00 Å². The predicted molar refractivity (Wildman–Crippen MR) is 56.5 cm³/mol. The first-order valence-corrected chi connectivity index (χ1v) is 4.89. The van der Waals surface area contributed by atoms with Crippen LogP contribution in [0, 0.1) is 22.0 Å². The second-order valence-electron chi connectivity index (χ2n) is 2.61. The van der Waals surface area contributed by atoms with Crippen LogP contribution < -0.4 is 5.32 Å². The summed E-state index contributed by atoms with van der Waals surface area (Å²) in [5, 5.41) is 12.9. The number of nitrogens with zero attached hydrogens (tertiary/aromatic N) is 1. The number of amides is 1. The Balaban J connectivity index is 2.56. The number of rotatable bonds is 2. The summed E-state index contributed by atoms with van der Waals surface area (Å²) < 4.78 is 0. The Hall–Kier alpha value is -1.87. The van der Waals surface area contributed by atoms with Gasteiger partial charge in [-0.05, 0) is 6.07 Å². The maximum Gasteiger partial charge on any atom is 0.325 e. The molecule has 0 aliphatic carbocycles. The van der Waals surface area contributed by atoms with Crippen molar-refractivity contribution in [3.8, 4) is 11.8 Å². The normalized spacial score (nSPS) is 8.87. The summed E-state index contributed by atoms with van der Waals surface area (Å²) >= 11 is 1.01. The topological polar surface area (TPSA) is 72.2 Å². The first kappa shape index (κ1) is 11.2. The van der Waals surface area contributed by atoms with Crippen LogP contribution in [-0.4, -0.2) is 17.4 Å². The van der Waals surface area contributed by atoms with Crippen LogP contribution in [0.2, 0.25) is 0 Å². The molecule has 0 aliphatic heterocycles. The number of nitro groups is 1. The van der Waals surface area contributed by atoms with Crippen LogP contribution in [0.25, 0.3) is 0 Å². The lowest BCUT2D eigenvalue weighted by Gasteiger charge is -1.90. The van der Waals surface area contributed by atoms with Crippen LogP contribution in [0.3, 0.4) is 0 Å². The van der Waals surface area contributed by atoms with Gasteiger partial charge in [-0.15, -0.1) is 0 Å². The molecule has 0 aliphatic rings. The fraction of sp³-hybridized carbons (Fsp3) is 0.222. The second-order valence-corrected chi connectivity index (χ2v) is 3.67. The SMILES string of the molecule is CC(=O)NCC#Cc1ccc([N+](=O)[O-])s1. The highest BCUT2D eigenvalue weighted by molar-refractivity contribution is 7.15. The highest BCUT2D eigenvalue weighted by atomic mass is 32.1. The highest BCUT2D eigenvalue weighted by Crippen LogP contribution is 2.22. The lowest BCUT2D eigenvalue weighted by molar-refractivity contribution is -0.380. The van der Waals surface area contributed by atoms with Crippen molar-refractivity contribution in [2.45, 2.75) is 6.92 Å². The van der Waals surface area contributed by atoms with Gasteiger partial charge in [-0.1, -0.05) is 23.2 Å². The Bertz CT molecular complexity index is 442. The molecule has 15 heavy (non-hydrogen) atoms. The number of carbonyl (C=O) groups is 1. The summed E-state index contributed by atoms with van der Waals surface area (Å²) in [4.78, 5) is 21.0. The van der Waals surface area contributed by atoms with Gasteiger partial charge in [0.2, 0.25) is 5.91 Å². The maximum absolute atomic E-state index is 10.5. The van der Waals surface area contributed by atoms with E-state index >= 15 is 0 Å². The minimum absolute atomic E-state index is 0.0684. The van der Waals surface area contributed by atoms with Crippen LogP contribution in [0.5, 0.6) is 0 Å². The average Bonchev–Trinajstić information content (AvgIpc) is 2.60. The van der Waals surface area contributed by atoms with E-state index in [-0.39, 0.29) is 17.5 Å². The number of carbonyl (C=O) groups excluding carboxylic acids is 1. The molecule has 0 saturated carbocycles. The van der Waals surface area contributed by atoms with Crippen LogP contribution in [0.1, 0.15) is 11.8 Å². The van der Waals surface area contributed by atoms with Crippen LogP contribution in [0.4, 0.5) is 5.00 Å². The van der Waals surface area contributed by atoms with E-state index in [4.69, 9.17) is 0 Å². The Labute approximate surface area is 90.3 Å². The zero-order chi connectivity index (χ0) is 11.3. The molecule has 6 heteroatoms. The molecule has 1 aromatic rings. The molecule has 1 aromatic heterocycles. The molecule has 0 fully saturated rings. The summed E-state index contributed by atoms with van der Waals surface area (Å²) in [5.41, 5.74) is 0. The minimum atomic E-state index is -0.455. The number of thiophene rings is 1. The van der Waals surface area contributed by atoms with Crippen LogP contribution in [0.15, 0.2) is 12.1 Å². The fourth-order valence-corrected chi connectivity index (χ4v) is 1.49. The molecule has 0 atom stereocenters. The molecule has 1 N–H and O–H groups in total. The van der Waals surface area contributed by atoms with Crippen molar-refractivity contribution >= 4 is 22.2 Å². The number of hydrogen-bond acceptors (Lipinski definition) is 4. The Morgan fingerprint density at radius 2 is 2.40 bits per heavy atom. The molecule has 0 bridgehead atoms. The summed E-state index contributed by atoms with van der Waals surface area (Å²) in [6.07, 6.45) is 0. The van der Waals surface area contributed by atoms with E-state index in [1.165, 1.54) is 13.0 Å². The van der Waals surface area contributed by atoms with Crippen molar-refractivity contribution in [1.29, 1.82) is 0 Å². The van der Waals surface area contributed by atoms with Gasteiger partial charge in [0, 0.05) is 13.0 Å². The molecule has 0 saturated heterocycles. The van der Waals surface area contributed by atoms with Crippen molar-refractivity contribution < 1.29 is 9.72 Å². The lowest BCUT2D eigenvalue weighted by Crippen LogP contribution is -2.19. The minimum Gasteiger partial charge on any atom is -0.345 e. The number of nitrogens with one attached hydrogen (secondary N) is 1. The predicted octanol–water partition coefficient (Wildman–Crippen LogP) is 1.14. The molecule has 0 radical (unpaired) electrons. The highest BCUT2D eigenvalue weighted by Gasteiger charge is 2.07. The largest absolute Gasteiger partial charge is 0.345 e. The molecule has 1 heterocycles. The first-order valence-electron chi connectivity index (χ1n) is 4.07. The van der Waals surface area contributed by atoms with E-state index in [9.17, 15) is 14.9 Å². The van der Waals surface area contributed by atoms with Gasteiger partial charge in [0.15, 0.2) is 0 Å². The second kappa shape index (κ2) is 5.12. The van der Waals surface area contributed by atoms with Gasteiger partial charge in [-0.3, -0.25) is 14.9 Å². The van der Waals surface area contributed by atoms with Crippen molar-refractivity contribution in [2.24, 2.45) is 0 Å². The van der Waals surface area contributed by atoms with Gasteiger partial charge in [-0.2, -0.15) is 0 Å². The number of hydrogen-bond donors (Lipinski definition) is 1. The van der Waals surface area contributed by atoms with Gasteiger partial charge < -0.3 is 5.32 Å². The third kappa shape index (κ3) is 3.79. The van der Waals surface area contributed by atoms with Crippen LogP contribution in [-0.2, 0) is 4.79 Å². The Kier molecular flexibility index (Phi) is 3.83. The third-order valence-electron chi connectivity index (χ3n) is 1.41. The summed E-state index contributed by atoms with van der Waals surface area (Å²) in [6.45, 7) is 1.65. The van der Waals surface area contributed by atoms with Crippen molar-refractivity contribution in [2.75, 3.05) is 6.54 Å². The van der Waals surface area contributed by atoms with E-state index in [0.717, 1.165) is 11.3 Å². The monoisotopic (exact) mass is 224 g/mol. The van der Waals surface area contributed by atoms with Gasteiger partial charge in [-0.25, -0.2) is 0 Å². The van der Waals surface area contributed by atoms with Crippen molar-refractivity contribution in [3.05, 3.63) is 27.1 Å². The molecular weight excluding hydrogens is 216 g/mol. The van der Waals surface area contributed by atoms with Crippen LogP contribution >= 0.6 is 11.3 Å². The summed E-state index contributed by atoms with van der Waals surface area (Å²) in [5.74, 6) is 5.26. The Morgan fingerprint density at radius 3 is 2.93 bits per heavy atom. The summed E-state index contributed by atoms with van der Waals surface area (Å²) in [7, 11) is 0. The molecule has 1 rings (SSSR count). The molecule has 0 unspecified atom stereocenters. The van der Waals surface area contributed by atoms with E-state index in [1.807, 2.05) is 0 Å². The average molecular weight is 224 g/mol. The van der Waals surface area contributed by atoms with E-state index in [1.54, 1.807) is 6.07 Å². The zero-order valence-electron chi connectivity index (χ0n) is 7.94. The Morgan fingerprint density at radius 1 is 1.67 bits per heavy atom. The molecular formula is C9H8N2O3S. The molecule has 5 nitrogen and oxygen atoms in total. The van der Waals surface area contributed by atoms with Gasteiger partial charge in [0.25, 0.3) is 0 Å². The van der Waals surface area contributed by atoms with E-state index < -0.39 is 4.92 Å². The standard InChI is InChI=1S/C9H8N2O3S/c1-7(12)10-6-2-3-8-4-5-9(15-8)11(13)14/h4-5H,6H2,1H3,(H,10,12). The quantitative estimate of drug-likeness (QED) is 0.465. The van der Waals surface area contributed by atoms with Gasteiger partial charge in [0.05, 0.1) is 16.3 Å². The molecule has 78 valence electrons. The smallest absolute Gasteiger partial charge is 0.325 e. The zero-order valence-corrected chi connectivity index (χ0v) is 8.76. The summed E-state index contributed by atoms with van der Waals surface area (Å²) in [6, 6.07) is 3.00. The van der Waals surface area contributed by atoms with E-state index in [2.05, 4.69) is 17.2 Å². The van der Waals surface area contributed by atoms with Gasteiger partial charge in [0.1, 0.15) is 0 Å². The third-order valence-corrected chi connectivity index (χ3v) is 2.36. The van der Waals surface area contributed by atoms with E-state index in [0.29, 0.717) is 4.88 Å². The lowest BCUT2D eigenvalue weighted by atomic mass is 10.4. The van der Waals surface area contributed by atoms with Crippen molar-refractivity contribution in [3.63, 3.8) is 0 Å². The van der Waals surface area contributed by atoms with Crippen molar-refractivity contribution in [1.82, 2.24) is 5.32 Å². The molecule has 1 amide bonds. The molecule has 0 aromatic carbocycles.